The summed E-state index contributed by atoms with van der Waals surface area (Å²) < 4.78 is 5.49. The number of anilines is 1. The Hall–Kier alpha value is -1.74. The topological polar surface area (TPSA) is 48.1 Å². The molecule has 0 unspecified atom stereocenters. The van der Waals surface area contributed by atoms with Gasteiger partial charge in [0.15, 0.2) is 0 Å². The highest BCUT2D eigenvalue weighted by Crippen LogP contribution is 2.14. The molecule has 0 bridgehead atoms. The van der Waals surface area contributed by atoms with Gasteiger partial charge in [0.2, 0.25) is 5.88 Å². The van der Waals surface area contributed by atoms with Crippen molar-refractivity contribution in [1.82, 2.24) is 4.98 Å². The molecule has 0 saturated carbocycles. The van der Waals surface area contributed by atoms with Crippen LogP contribution < -0.4 is 10.5 Å². The van der Waals surface area contributed by atoms with Crippen LogP contribution in [0.2, 0.25) is 5.02 Å². The summed E-state index contributed by atoms with van der Waals surface area (Å²) in [7, 11) is 0. The minimum absolute atomic E-state index is 0.544. The SMILES string of the molecule is Nc1ccccc1CCOc1ccc(Cl)cn1. The van der Waals surface area contributed by atoms with E-state index in [2.05, 4.69) is 4.98 Å². The van der Waals surface area contributed by atoms with Crippen molar-refractivity contribution in [2.75, 3.05) is 12.3 Å². The van der Waals surface area contributed by atoms with E-state index in [1.54, 1.807) is 18.3 Å². The summed E-state index contributed by atoms with van der Waals surface area (Å²) in [6.07, 6.45) is 2.32. The van der Waals surface area contributed by atoms with Crippen LogP contribution in [0.5, 0.6) is 5.88 Å². The van der Waals surface area contributed by atoms with Crippen molar-refractivity contribution in [3.63, 3.8) is 0 Å². The molecule has 2 rings (SSSR count). The predicted molar refractivity (Wildman–Crippen MR) is 69.3 cm³/mol. The Bertz CT molecular complexity index is 485. The van der Waals surface area contributed by atoms with Gasteiger partial charge in [-0.1, -0.05) is 29.8 Å². The van der Waals surface area contributed by atoms with E-state index in [1.165, 1.54) is 0 Å². The minimum Gasteiger partial charge on any atom is -0.477 e. The molecule has 0 spiro atoms. The lowest BCUT2D eigenvalue weighted by atomic mass is 10.1. The van der Waals surface area contributed by atoms with Crippen LogP contribution in [0.25, 0.3) is 0 Å². The molecule has 2 N–H and O–H groups in total. The predicted octanol–water partition coefficient (Wildman–Crippen LogP) is 2.94. The maximum atomic E-state index is 5.83. The molecular weight excluding hydrogens is 236 g/mol. The third-order valence-corrected chi connectivity index (χ3v) is 2.60. The maximum absolute atomic E-state index is 5.83. The van der Waals surface area contributed by atoms with Crippen LogP contribution in [0.4, 0.5) is 5.69 Å². The first kappa shape index (κ1) is 11.7. The van der Waals surface area contributed by atoms with E-state index in [-0.39, 0.29) is 0 Å². The zero-order valence-corrected chi connectivity index (χ0v) is 10.0. The first-order chi connectivity index (χ1) is 8.25. The standard InChI is InChI=1S/C13H13ClN2O/c14-11-5-6-13(16-9-11)17-8-7-10-3-1-2-4-12(10)15/h1-6,9H,7-8,15H2. The lowest BCUT2D eigenvalue weighted by Gasteiger charge is -2.07. The van der Waals surface area contributed by atoms with Crippen LogP contribution in [0, 0.1) is 0 Å². The Balaban J connectivity index is 1.88. The molecule has 1 aromatic heterocycles. The number of nitrogens with two attached hydrogens (primary N) is 1. The van der Waals surface area contributed by atoms with Gasteiger partial charge in [-0.25, -0.2) is 4.98 Å². The molecule has 1 aromatic carbocycles. The van der Waals surface area contributed by atoms with E-state index in [4.69, 9.17) is 22.1 Å². The molecular formula is C13H13ClN2O. The zero-order chi connectivity index (χ0) is 12.1. The molecule has 0 atom stereocenters. The fourth-order valence-corrected chi connectivity index (χ4v) is 1.59. The summed E-state index contributed by atoms with van der Waals surface area (Å²) >= 11 is 5.73. The molecule has 4 heteroatoms. The number of ether oxygens (including phenoxy) is 1. The summed E-state index contributed by atoms with van der Waals surface area (Å²) in [5.41, 5.74) is 7.71. The van der Waals surface area contributed by atoms with Gasteiger partial charge < -0.3 is 10.5 Å². The fourth-order valence-electron chi connectivity index (χ4n) is 1.48. The number of nitrogens with zero attached hydrogens (tertiary/aromatic N) is 1. The highest BCUT2D eigenvalue weighted by Gasteiger charge is 1.99. The monoisotopic (exact) mass is 248 g/mol. The molecule has 0 aliphatic carbocycles. The lowest BCUT2D eigenvalue weighted by molar-refractivity contribution is 0.310. The van der Waals surface area contributed by atoms with Gasteiger partial charge in [-0.15, -0.1) is 0 Å². The van der Waals surface area contributed by atoms with E-state index in [1.807, 2.05) is 24.3 Å². The normalized spacial score (nSPS) is 10.2. The number of rotatable bonds is 4. The highest BCUT2D eigenvalue weighted by atomic mass is 35.5. The van der Waals surface area contributed by atoms with Gasteiger partial charge in [-0.3, -0.25) is 0 Å². The molecule has 0 radical (unpaired) electrons. The van der Waals surface area contributed by atoms with Crippen molar-refractivity contribution < 1.29 is 4.74 Å². The van der Waals surface area contributed by atoms with Crippen LogP contribution >= 0.6 is 11.6 Å². The summed E-state index contributed by atoms with van der Waals surface area (Å²) in [5, 5.41) is 0.602. The zero-order valence-electron chi connectivity index (χ0n) is 9.27. The Labute approximate surface area is 105 Å². The maximum Gasteiger partial charge on any atom is 0.213 e. The van der Waals surface area contributed by atoms with Crippen molar-refractivity contribution in [2.24, 2.45) is 0 Å². The van der Waals surface area contributed by atoms with Gasteiger partial charge in [0.25, 0.3) is 0 Å². The van der Waals surface area contributed by atoms with E-state index in [9.17, 15) is 0 Å². The van der Waals surface area contributed by atoms with Gasteiger partial charge in [0.1, 0.15) is 0 Å². The first-order valence-electron chi connectivity index (χ1n) is 5.33. The van der Waals surface area contributed by atoms with Gasteiger partial charge >= 0.3 is 0 Å². The second-order valence-electron chi connectivity index (χ2n) is 3.61. The molecule has 0 saturated heterocycles. The molecule has 17 heavy (non-hydrogen) atoms. The summed E-state index contributed by atoms with van der Waals surface area (Å²) in [6, 6.07) is 11.3. The number of pyridine rings is 1. The average Bonchev–Trinajstić information content (AvgIpc) is 2.34. The molecule has 3 nitrogen and oxygen atoms in total. The van der Waals surface area contributed by atoms with Gasteiger partial charge in [0.05, 0.1) is 11.6 Å². The summed E-state index contributed by atoms with van der Waals surface area (Å²) in [4.78, 5) is 4.05. The van der Waals surface area contributed by atoms with E-state index in [0.717, 1.165) is 17.7 Å². The summed E-state index contributed by atoms with van der Waals surface area (Å²) in [6.45, 7) is 0.544. The molecule has 0 aliphatic rings. The van der Waals surface area contributed by atoms with Crippen molar-refractivity contribution in [2.45, 2.75) is 6.42 Å². The van der Waals surface area contributed by atoms with Crippen molar-refractivity contribution in [3.8, 4) is 5.88 Å². The smallest absolute Gasteiger partial charge is 0.213 e. The largest absolute Gasteiger partial charge is 0.477 e. The molecule has 88 valence electrons. The van der Waals surface area contributed by atoms with Gasteiger partial charge in [0, 0.05) is 24.4 Å². The first-order valence-corrected chi connectivity index (χ1v) is 5.71. The number of benzene rings is 1. The van der Waals surface area contributed by atoms with Crippen LogP contribution in [0.1, 0.15) is 5.56 Å². The molecule has 0 aliphatic heterocycles. The average molecular weight is 249 g/mol. The number of para-hydroxylation sites is 1. The second-order valence-corrected chi connectivity index (χ2v) is 4.05. The third-order valence-electron chi connectivity index (χ3n) is 2.38. The third kappa shape index (κ3) is 3.36. The molecule has 2 aromatic rings. The van der Waals surface area contributed by atoms with Crippen LogP contribution in [-0.4, -0.2) is 11.6 Å². The Morgan fingerprint density at radius 1 is 1.18 bits per heavy atom. The van der Waals surface area contributed by atoms with E-state index < -0.39 is 0 Å². The molecule has 0 fully saturated rings. The van der Waals surface area contributed by atoms with Crippen molar-refractivity contribution >= 4 is 17.3 Å². The number of hydrogen-bond donors (Lipinski definition) is 1. The number of halogens is 1. The van der Waals surface area contributed by atoms with Gasteiger partial charge in [-0.2, -0.15) is 0 Å². The van der Waals surface area contributed by atoms with Crippen LogP contribution in [-0.2, 0) is 6.42 Å². The number of nitrogen functional groups attached to an aromatic ring is 1. The number of hydrogen-bond acceptors (Lipinski definition) is 3. The second kappa shape index (κ2) is 5.55. The van der Waals surface area contributed by atoms with Crippen LogP contribution in [0.3, 0.4) is 0 Å². The highest BCUT2D eigenvalue weighted by molar-refractivity contribution is 6.30. The Morgan fingerprint density at radius 2 is 2.00 bits per heavy atom. The van der Waals surface area contributed by atoms with E-state index >= 15 is 0 Å². The lowest BCUT2D eigenvalue weighted by Crippen LogP contribution is -2.04. The fraction of sp³-hybridized carbons (Fsp3) is 0.154. The van der Waals surface area contributed by atoms with E-state index in [0.29, 0.717) is 17.5 Å². The molecule has 0 amide bonds. The quantitative estimate of drug-likeness (QED) is 0.847. The van der Waals surface area contributed by atoms with Gasteiger partial charge in [-0.05, 0) is 17.7 Å². The van der Waals surface area contributed by atoms with Crippen molar-refractivity contribution in [3.05, 3.63) is 53.2 Å². The summed E-state index contributed by atoms with van der Waals surface area (Å²) in [5.74, 6) is 0.573. The molecule has 1 heterocycles. The van der Waals surface area contributed by atoms with Crippen LogP contribution in [0.15, 0.2) is 42.6 Å². The van der Waals surface area contributed by atoms with Crippen molar-refractivity contribution in [1.29, 1.82) is 0 Å². The Kier molecular flexibility index (Phi) is 3.83. The minimum atomic E-state index is 0.544. The Morgan fingerprint density at radius 3 is 2.71 bits per heavy atom. The number of aromatic nitrogens is 1.